The van der Waals surface area contributed by atoms with Crippen LogP contribution in [0.5, 0.6) is 0 Å². The molecule has 2 aromatic heterocycles. The lowest BCUT2D eigenvalue weighted by atomic mass is 10.2. The Morgan fingerprint density at radius 3 is 2.82 bits per heavy atom. The van der Waals surface area contributed by atoms with Crippen LogP contribution in [0, 0.1) is 0 Å². The number of amides is 1. The topological polar surface area (TPSA) is 56.1 Å². The number of rotatable bonds is 7. The summed E-state index contributed by atoms with van der Waals surface area (Å²) in [6.45, 7) is 1.42. The summed E-state index contributed by atoms with van der Waals surface area (Å²) in [4.78, 5) is 17.2. The number of benzene rings is 2. The molecule has 0 spiro atoms. The fraction of sp³-hybridized carbons (Fsp3) is 0.182. The standard InChI is InChI=1S/C22H21N3O2S/c1-27-13-12-25-11-10-18-19(8-5-9-20(18)25)24-21(26)14-17-15-28-22(23-17)16-6-3-2-4-7-16/h2-11,15H,12-14H2,1H3,(H,24,26). The highest BCUT2D eigenvalue weighted by atomic mass is 32.1. The fourth-order valence-electron chi connectivity index (χ4n) is 3.18. The Balaban J connectivity index is 1.47. The van der Waals surface area contributed by atoms with E-state index in [1.165, 1.54) is 0 Å². The van der Waals surface area contributed by atoms with Crippen LogP contribution in [0.25, 0.3) is 21.5 Å². The Hall–Kier alpha value is -2.96. The van der Waals surface area contributed by atoms with Gasteiger partial charge in [0.25, 0.3) is 0 Å². The van der Waals surface area contributed by atoms with Gasteiger partial charge in [-0.25, -0.2) is 4.98 Å². The average molecular weight is 391 g/mol. The first-order valence-electron chi connectivity index (χ1n) is 9.11. The maximum Gasteiger partial charge on any atom is 0.230 e. The van der Waals surface area contributed by atoms with Crippen LogP contribution in [0.2, 0.25) is 0 Å². The van der Waals surface area contributed by atoms with Gasteiger partial charge in [-0.05, 0) is 18.2 Å². The minimum Gasteiger partial charge on any atom is -0.383 e. The molecule has 0 fully saturated rings. The van der Waals surface area contributed by atoms with Gasteiger partial charge < -0.3 is 14.6 Å². The molecule has 0 atom stereocenters. The van der Waals surface area contributed by atoms with Crippen LogP contribution in [0.1, 0.15) is 5.69 Å². The minimum atomic E-state index is -0.0675. The molecule has 2 aromatic carbocycles. The summed E-state index contributed by atoms with van der Waals surface area (Å²) < 4.78 is 7.29. The Labute approximate surface area is 167 Å². The number of carbonyl (C=O) groups excluding carboxylic acids is 1. The predicted molar refractivity (Wildman–Crippen MR) is 114 cm³/mol. The summed E-state index contributed by atoms with van der Waals surface area (Å²) >= 11 is 1.56. The normalized spacial score (nSPS) is 11.0. The number of thiazole rings is 1. The highest BCUT2D eigenvalue weighted by Crippen LogP contribution is 2.26. The second kappa shape index (κ2) is 8.37. The number of ether oxygens (including phenoxy) is 1. The lowest BCUT2D eigenvalue weighted by molar-refractivity contribution is -0.115. The van der Waals surface area contributed by atoms with E-state index in [0.717, 1.165) is 39.4 Å². The third-order valence-corrected chi connectivity index (χ3v) is 5.48. The van der Waals surface area contributed by atoms with Gasteiger partial charge in [0.1, 0.15) is 5.01 Å². The summed E-state index contributed by atoms with van der Waals surface area (Å²) in [6.07, 6.45) is 2.27. The van der Waals surface area contributed by atoms with Gasteiger partial charge >= 0.3 is 0 Å². The van der Waals surface area contributed by atoms with Gasteiger partial charge in [-0.1, -0.05) is 36.4 Å². The Bertz CT molecular complexity index is 1090. The molecule has 1 amide bonds. The molecule has 0 aliphatic heterocycles. The molecule has 4 aromatic rings. The molecule has 142 valence electrons. The Morgan fingerprint density at radius 2 is 2.00 bits per heavy atom. The van der Waals surface area contributed by atoms with Crippen LogP contribution in [0.15, 0.2) is 66.2 Å². The molecule has 0 saturated heterocycles. The van der Waals surface area contributed by atoms with Crippen LogP contribution in [0.4, 0.5) is 5.69 Å². The summed E-state index contributed by atoms with van der Waals surface area (Å²) in [7, 11) is 1.69. The first kappa shape index (κ1) is 18.4. The van der Waals surface area contributed by atoms with Gasteiger partial charge in [-0.2, -0.15) is 0 Å². The molecular weight excluding hydrogens is 370 g/mol. The summed E-state index contributed by atoms with van der Waals surface area (Å²) in [5.41, 5.74) is 3.75. The molecular formula is C22H21N3O2S. The number of nitrogens with one attached hydrogen (secondary N) is 1. The number of hydrogen-bond donors (Lipinski definition) is 1. The third-order valence-electron chi connectivity index (χ3n) is 4.54. The number of methoxy groups -OCH3 is 1. The van der Waals surface area contributed by atoms with Crippen molar-refractivity contribution < 1.29 is 9.53 Å². The van der Waals surface area contributed by atoms with Crippen LogP contribution in [-0.2, 0) is 22.5 Å². The van der Waals surface area contributed by atoms with E-state index in [2.05, 4.69) is 14.9 Å². The van der Waals surface area contributed by atoms with Crippen LogP contribution in [0.3, 0.4) is 0 Å². The van der Waals surface area contributed by atoms with Crippen molar-refractivity contribution in [2.45, 2.75) is 13.0 Å². The van der Waals surface area contributed by atoms with Crippen LogP contribution < -0.4 is 5.32 Å². The highest BCUT2D eigenvalue weighted by Gasteiger charge is 2.12. The van der Waals surface area contributed by atoms with Crippen molar-refractivity contribution in [3.8, 4) is 10.6 Å². The van der Waals surface area contributed by atoms with Gasteiger partial charge in [0.15, 0.2) is 0 Å². The highest BCUT2D eigenvalue weighted by molar-refractivity contribution is 7.13. The number of fused-ring (bicyclic) bond motifs is 1. The molecule has 0 saturated carbocycles. The first-order chi connectivity index (χ1) is 13.7. The fourth-order valence-corrected chi connectivity index (χ4v) is 4.00. The Morgan fingerprint density at radius 1 is 1.14 bits per heavy atom. The second-order valence-corrected chi connectivity index (χ2v) is 7.33. The summed E-state index contributed by atoms with van der Waals surface area (Å²) in [6, 6.07) is 18.0. The van der Waals surface area contributed by atoms with Gasteiger partial charge in [0, 0.05) is 36.2 Å². The Kier molecular flexibility index (Phi) is 5.50. The molecule has 0 unspecified atom stereocenters. The van der Waals surface area contributed by atoms with Gasteiger partial charge in [-0.15, -0.1) is 11.3 Å². The third kappa shape index (κ3) is 3.98. The lowest BCUT2D eigenvalue weighted by Crippen LogP contribution is -2.14. The molecule has 5 nitrogen and oxygen atoms in total. The van der Waals surface area contributed by atoms with E-state index in [1.807, 2.05) is 66.2 Å². The van der Waals surface area contributed by atoms with Crippen molar-refractivity contribution in [2.24, 2.45) is 0 Å². The monoisotopic (exact) mass is 391 g/mol. The van der Waals surface area contributed by atoms with E-state index in [0.29, 0.717) is 6.61 Å². The van der Waals surface area contributed by atoms with Crippen molar-refractivity contribution >= 4 is 33.8 Å². The van der Waals surface area contributed by atoms with Gasteiger partial charge in [0.2, 0.25) is 5.91 Å². The zero-order valence-corrected chi connectivity index (χ0v) is 16.4. The molecule has 0 aliphatic rings. The number of nitrogens with zero attached hydrogens (tertiary/aromatic N) is 2. The number of carbonyl (C=O) groups is 1. The number of aromatic nitrogens is 2. The van der Waals surface area contributed by atoms with E-state index >= 15 is 0 Å². The molecule has 4 rings (SSSR count). The lowest BCUT2D eigenvalue weighted by Gasteiger charge is -2.08. The SMILES string of the molecule is COCCn1ccc2c(NC(=O)Cc3csc(-c4ccccc4)n3)cccc21. The molecule has 0 aliphatic carbocycles. The van der Waals surface area contributed by atoms with Crippen molar-refractivity contribution in [1.29, 1.82) is 0 Å². The number of hydrogen-bond acceptors (Lipinski definition) is 4. The van der Waals surface area contributed by atoms with Gasteiger partial charge in [0.05, 0.1) is 29.9 Å². The quantitative estimate of drug-likeness (QED) is 0.501. The van der Waals surface area contributed by atoms with E-state index in [1.54, 1.807) is 18.4 Å². The zero-order valence-electron chi connectivity index (χ0n) is 15.6. The largest absolute Gasteiger partial charge is 0.383 e. The summed E-state index contributed by atoms with van der Waals surface area (Å²) in [5.74, 6) is -0.0675. The maximum atomic E-state index is 12.6. The maximum absolute atomic E-state index is 12.6. The van der Waals surface area contributed by atoms with E-state index in [4.69, 9.17) is 4.74 Å². The molecule has 0 bridgehead atoms. The van der Waals surface area contributed by atoms with E-state index in [-0.39, 0.29) is 12.3 Å². The summed E-state index contributed by atoms with van der Waals surface area (Å²) in [5, 5.41) is 6.94. The van der Waals surface area contributed by atoms with Crippen LogP contribution in [-0.4, -0.2) is 29.2 Å². The van der Waals surface area contributed by atoms with Crippen molar-refractivity contribution in [1.82, 2.24) is 9.55 Å². The average Bonchev–Trinajstić information content (AvgIpc) is 3.35. The second-order valence-electron chi connectivity index (χ2n) is 6.48. The molecule has 2 heterocycles. The van der Waals surface area contributed by atoms with Crippen LogP contribution >= 0.6 is 11.3 Å². The molecule has 28 heavy (non-hydrogen) atoms. The number of anilines is 1. The molecule has 0 radical (unpaired) electrons. The van der Waals surface area contributed by atoms with E-state index < -0.39 is 0 Å². The van der Waals surface area contributed by atoms with Gasteiger partial charge in [-0.3, -0.25) is 4.79 Å². The van der Waals surface area contributed by atoms with Crippen molar-refractivity contribution in [3.05, 3.63) is 71.9 Å². The van der Waals surface area contributed by atoms with Crippen molar-refractivity contribution in [2.75, 3.05) is 19.0 Å². The predicted octanol–water partition coefficient (Wildman–Crippen LogP) is 4.59. The zero-order chi connectivity index (χ0) is 19.3. The van der Waals surface area contributed by atoms with Crippen molar-refractivity contribution in [3.63, 3.8) is 0 Å². The smallest absolute Gasteiger partial charge is 0.230 e. The molecule has 6 heteroatoms. The van der Waals surface area contributed by atoms with E-state index in [9.17, 15) is 4.79 Å². The minimum absolute atomic E-state index is 0.0675. The molecule has 1 N–H and O–H groups in total. The first-order valence-corrected chi connectivity index (χ1v) is 9.99.